The minimum atomic E-state index is -0.245. The number of anilines is 1. The van der Waals surface area contributed by atoms with Crippen molar-refractivity contribution in [1.82, 2.24) is 15.3 Å². The summed E-state index contributed by atoms with van der Waals surface area (Å²) in [5.41, 5.74) is 9.26. The van der Waals surface area contributed by atoms with Crippen LogP contribution in [0.2, 0.25) is 0 Å². The Labute approximate surface area is 158 Å². The van der Waals surface area contributed by atoms with Crippen LogP contribution in [0.5, 0.6) is 5.75 Å². The van der Waals surface area contributed by atoms with Crippen LogP contribution in [-0.4, -0.2) is 29.5 Å². The molecule has 1 aromatic heterocycles. The fourth-order valence-corrected chi connectivity index (χ4v) is 2.84. The zero-order chi connectivity index (χ0) is 19.2. The van der Waals surface area contributed by atoms with E-state index in [9.17, 15) is 4.79 Å². The molecule has 3 N–H and O–H groups in total. The van der Waals surface area contributed by atoms with Gasteiger partial charge in [-0.15, -0.1) is 0 Å². The second-order valence-electron chi connectivity index (χ2n) is 6.08. The molecule has 6 heteroatoms. The number of ether oxygens (including phenoxy) is 1. The summed E-state index contributed by atoms with van der Waals surface area (Å²) in [6.45, 7) is 2.33. The van der Waals surface area contributed by atoms with Gasteiger partial charge in [-0.25, -0.2) is 9.97 Å². The van der Waals surface area contributed by atoms with E-state index in [-0.39, 0.29) is 11.9 Å². The van der Waals surface area contributed by atoms with Gasteiger partial charge in [-0.3, -0.25) is 4.79 Å². The molecule has 0 unspecified atom stereocenters. The highest BCUT2D eigenvalue weighted by Crippen LogP contribution is 2.26. The smallest absolute Gasteiger partial charge is 0.255 e. The quantitative estimate of drug-likeness (QED) is 0.703. The lowest BCUT2D eigenvalue weighted by Crippen LogP contribution is -2.21. The largest absolute Gasteiger partial charge is 0.493 e. The van der Waals surface area contributed by atoms with Gasteiger partial charge in [0.05, 0.1) is 23.6 Å². The number of aryl methyl sites for hydroxylation is 1. The van der Waals surface area contributed by atoms with Crippen molar-refractivity contribution in [3.8, 4) is 17.0 Å². The molecule has 1 heterocycles. The van der Waals surface area contributed by atoms with E-state index in [4.69, 9.17) is 10.5 Å². The van der Waals surface area contributed by atoms with Gasteiger partial charge in [-0.05, 0) is 36.8 Å². The van der Waals surface area contributed by atoms with Gasteiger partial charge in [0.15, 0.2) is 0 Å². The summed E-state index contributed by atoms with van der Waals surface area (Å²) in [5.74, 6) is 0.652. The van der Waals surface area contributed by atoms with Gasteiger partial charge in [0, 0.05) is 19.0 Å². The van der Waals surface area contributed by atoms with E-state index in [2.05, 4.69) is 27.4 Å². The molecule has 3 rings (SSSR count). The van der Waals surface area contributed by atoms with E-state index in [1.165, 1.54) is 5.56 Å². The summed E-state index contributed by atoms with van der Waals surface area (Å²) in [7, 11) is 1.57. The van der Waals surface area contributed by atoms with Gasteiger partial charge in [-0.2, -0.15) is 0 Å². The average Bonchev–Trinajstić information content (AvgIpc) is 2.68. The van der Waals surface area contributed by atoms with Gasteiger partial charge >= 0.3 is 0 Å². The Morgan fingerprint density at radius 1 is 1.07 bits per heavy atom. The van der Waals surface area contributed by atoms with Gasteiger partial charge in [0.2, 0.25) is 5.95 Å². The van der Waals surface area contributed by atoms with Crippen LogP contribution in [0.3, 0.4) is 0 Å². The number of hydrogen-bond donors (Lipinski definition) is 2. The van der Waals surface area contributed by atoms with Gasteiger partial charge < -0.3 is 15.8 Å². The molecule has 0 saturated heterocycles. The molecule has 1 amide bonds. The predicted molar refractivity (Wildman–Crippen MR) is 106 cm³/mol. The number of carbonyl (C=O) groups excluding carboxylic acids is 1. The van der Waals surface area contributed by atoms with Crippen LogP contribution in [0.1, 0.15) is 21.6 Å². The third kappa shape index (κ3) is 4.41. The standard InChI is InChI=1S/C21H22N4O2/c1-14-18(20(26)23-2)19(25-21(22)24-14)16-8-10-17(11-9-16)27-13-12-15-6-4-3-5-7-15/h3-11H,12-13H2,1-2H3,(H,23,26)(H2,22,24,25). The van der Waals surface area contributed by atoms with E-state index in [1.807, 2.05) is 42.5 Å². The first-order valence-electron chi connectivity index (χ1n) is 8.72. The number of rotatable bonds is 6. The number of nitrogens with two attached hydrogens (primary N) is 1. The summed E-state index contributed by atoms with van der Waals surface area (Å²) in [6, 6.07) is 17.6. The van der Waals surface area contributed by atoms with Crippen molar-refractivity contribution in [3.63, 3.8) is 0 Å². The summed E-state index contributed by atoms with van der Waals surface area (Å²) in [5, 5.41) is 2.62. The summed E-state index contributed by atoms with van der Waals surface area (Å²) < 4.78 is 5.81. The Bertz CT molecular complexity index is 925. The molecule has 0 saturated carbocycles. The predicted octanol–water partition coefficient (Wildman–Crippen LogP) is 3.02. The number of nitrogens with one attached hydrogen (secondary N) is 1. The summed E-state index contributed by atoms with van der Waals surface area (Å²) in [6.07, 6.45) is 0.838. The van der Waals surface area contributed by atoms with Crippen LogP contribution >= 0.6 is 0 Å². The summed E-state index contributed by atoms with van der Waals surface area (Å²) in [4.78, 5) is 20.6. The minimum Gasteiger partial charge on any atom is -0.493 e. The molecule has 0 spiro atoms. The zero-order valence-corrected chi connectivity index (χ0v) is 15.4. The van der Waals surface area contributed by atoms with E-state index >= 15 is 0 Å². The van der Waals surface area contributed by atoms with Crippen LogP contribution in [0.15, 0.2) is 54.6 Å². The van der Waals surface area contributed by atoms with E-state index in [0.717, 1.165) is 17.7 Å². The Morgan fingerprint density at radius 2 is 1.78 bits per heavy atom. The number of nitrogens with zero attached hydrogens (tertiary/aromatic N) is 2. The van der Waals surface area contributed by atoms with Gasteiger partial charge in [-0.1, -0.05) is 30.3 Å². The Morgan fingerprint density at radius 3 is 2.44 bits per heavy atom. The molecule has 2 aromatic carbocycles. The van der Waals surface area contributed by atoms with Crippen molar-refractivity contribution in [1.29, 1.82) is 0 Å². The number of amides is 1. The molecule has 0 aliphatic rings. The van der Waals surface area contributed by atoms with E-state index < -0.39 is 0 Å². The second kappa shape index (κ2) is 8.31. The van der Waals surface area contributed by atoms with Crippen molar-refractivity contribution in [2.75, 3.05) is 19.4 Å². The molecule has 0 bridgehead atoms. The van der Waals surface area contributed by atoms with Crippen molar-refractivity contribution in [3.05, 3.63) is 71.4 Å². The lowest BCUT2D eigenvalue weighted by atomic mass is 10.0. The summed E-state index contributed by atoms with van der Waals surface area (Å²) >= 11 is 0. The maximum atomic E-state index is 12.2. The highest BCUT2D eigenvalue weighted by Gasteiger charge is 2.18. The lowest BCUT2D eigenvalue weighted by molar-refractivity contribution is 0.0962. The first-order chi connectivity index (χ1) is 13.1. The lowest BCUT2D eigenvalue weighted by Gasteiger charge is -2.12. The van der Waals surface area contributed by atoms with Crippen molar-refractivity contribution < 1.29 is 9.53 Å². The Hall–Kier alpha value is -3.41. The molecular formula is C21H22N4O2. The van der Waals surface area contributed by atoms with Crippen molar-refractivity contribution >= 4 is 11.9 Å². The first kappa shape index (κ1) is 18.4. The molecule has 0 radical (unpaired) electrons. The van der Waals surface area contributed by atoms with E-state index in [1.54, 1.807) is 14.0 Å². The Kier molecular flexibility index (Phi) is 5.66. The first-order valence-corrected chi connectivity index (χ1v) is 8.72. The molecule has 6 nitrogen and oxygen atoms in total. The van der Waals surface area contributed by atoms with Crippen molar-refractivity contribution in [2.24, 2.45) is 0 Å². The van der Waals surface area contributed by atoms with Crippen LogP contribution in [0.4, 0.5) is 5.95 Å². The maximum Gasteiger partial charge on any atom is 0.255 e. The molecule has 3 aromatic rings. The van der Waals surface area contributed by atoms with Crippen LogP contribution in [0.25, 0.3) is 11.3 Å². The highest BCUT2D eigenvalue weighted by atomic mass is 16.5. The zero-order valence-electron chi connectivity index (χ0n) is 15.4. The maximum absolute atomic E-state index is 12.2. The number of benzene rings is 2. The highest BCUT2D eigenvalue weighted by molar-refractivity contribution is 6.00. The van der Waals surface area contributed by atoms with Crippen LogP contribution in [0, 0.1) is 6.92 Å². The third-order valence-corrected chi connectivity index (χ3v) is 4.19. The molecule has 0 aliphatic carbocycles. The molecule has 0 aliphatic heterocycles. The monoisotopic (exact) mass is 362 g/mol. The van der Waals surface area contributed by atoms with Gasteiger partial charge in [0.1, 0.15) is 5.75 Å². The third-order valence-electron chi connectivity index (χ3n) is 4.19. The Balaban J connectivity index is 1.76. The molecular weight excluding hydrogens is 340 g/mol. The topological polar surface area (TPSA) is 90.1 Å². The average molecular weight is 362 g/mol. The number of hydrogen-bond acceptors (Lipinski definition) is 5. The molecule has 27 heavy (non-hydrogen) atoms. The second-order valence-corrected chi connectivity index (χ2v) is 6.08. The van der Waals surface area contributed by atoms with E-state index in [0.29, 0.717) is 23.6 Å². The van der Waals surface area contributed by atoms with Gasteiger partial charge in [0.25, 0.3) is 5.91 Å². The fraction of sp³-hybridized carbons (Fsp3) is 0.190. The molecule has 0 atom stereocenters. The number of aromatic nitrogens is 2. The normalized spacial score (nSPS) is 10.4. The van der Waals surface area contributed by atoms with Crippen molar-refractivity contribution in [2.45, 2.75) is 13.3 Å². The molecule has 0 fully saturated rings. The van der Waals surface area contributed by atoms with Crippen LogP contribution < -0.4 is 15.8 Å². The minimum absolute atomic E-state index is 0.137. The number of carbonyl (C=O) groups is 1. The van der Waals surface area contributed by atoms with Crippen LogP contribution in [-0.2, 0) is 6.42 Å². The SMILES string of the molecule is CNC(=O)c1c(C)nc(N)nc1-c1ccc(OCCc2ccccc2)cc1. The molecule has 138 valence electrons. The fourth-order valence-electron chi connectivity index (χ4n) is 2.84. The number of nitrogen functional groups attached to an aromatic ring is 1.